The van der Waals surface area contributed by atoms with Gasteiger partial charge in [-0.2, -0.15) is 0 Å². The molecule has 0 N–H and O–H groups in total. The smallest absolute Gasteiger partial charge is 0.0525 e. The summed E-state index contributed by atoms with van der Waals surface area (Å²) in [7, 11) is 0. The lowest BCUT2D eigenvalue weighted by Crippen LogP contribution is -2.26. The average molecular weight is 492 g/mol. The van der Waals surface area contributed by atoms with E-state index in [1.54, 1.807) is 0 Å². The van der Waals surface area contributed by atoms with Gasteiger partial charge in [0.2, 0.25) is 0 Å². The molecule has 0 unspecified atom stereocenters. The van der Waals surface area contributed by atoms with Crippen LogP contribution in [0, 0.1) is 19.3 Å². The lowest BCUT2D eigenvalue weighted by molar-refractivity contribution is 0.283. The second kappa shape index (κ2) is 10.4. The van der Waals surface area contributed by atoms with E-state index in [2.05, 4.69) is 121 Å². The fourth-order valence-electron chi connectivity index (χ4n) is 6.49. The topological polar surface area (TPSA) is 4.93 Å². The predicted molar refractivity (Wildman–Crippen MR) is 162 cm³/mol. The van der Waals surface area contributed by atoms with Crippen LogP contribution in [0.3, 0.4) is 0 Å². The second-order valence-corrected chi connectivity index (χ2v) is 12.8. The molecule has 0 spiro atoms. The van der Waals surface area contributed by atoms with Gasteiger partial charge in [-0.05, 0) is 90.3 Å². The first-order chi connectivity index (χ1) is 17.4. The van der Waals surface area contributed by atoms with Gasteiger partial charge in [0.05, 0.1) is 5.69 Å². The van der Waals surface area contributed by atoms with E-state index in [1.165, 1.54) is 62.2 Å². The van der Waals surface area contributed by atoms with Gasteiger partial charge in [0, 0.05) is 23.9 Å². The van der Waals surface area contributed by atoms with Gasteiger partial charge in [-0.3, -0.25) is 0 Å². The molecule has 2 aromatic carbocycles. The van der Waals surface area contributed by atoms with E-state index in [0.717, 1.165) is 19.4 Å². The Morgan fingerprint density at radius 3 is 2.30 bits per heavy atom. The molecule has 0 aliphatic heterocycles. The van der Waals surface area contributed by atoms with Gasteiger partial charge in [0.15, 0.2) is 0 Å². The third-order valence-corrected chi connectivity index (χ3v) is 7.77. The lowest BCUT2D eigenvalue weighted by atomic mass is 9.70. The molecule has 1 aliphatic carbocycles. The SMILES string of the molecule is C=C/C=C\C(=C/C)Cn1cc(-c2ccc(C)cc2)c2c1-c1cc(C)c(C(C)(C)CC(C)(C)C)cc1CC2. The van der Waals surface area contributed by atoms with E-state index < -0.39 is 0 Å². The second-order valence-electron chi connectivity index (χ2n) is 12.8. The third-order valence-electron chi connectivity index (χ3n) is 7.77. The van der Waals surface area contributed by atoms with E-state index in [0.29, 0.717) is 5.41 Å². The van der Waals surface area contributed by atoms with Crippen LogP contribution in [0.4, 0.5) is 0 Å². The zero-order valence-electron chi connectivity index (χ0n) is 24.3. The number of fused-ring (bicyclic) bond motifs is 3. The van der Waals surface area contributed by atoms with Gasteiger partial charge in [-0.15, -0.1) is 0 Å². The quantitative estimate of drug-likeness (QED) is 0.290. The van der Waals surface area contributed by atoms with Crippen molar-refractivity contribution in [3.63, 3.8) is 0 Å². The van der Waals surface area contributed by atoms with Gasteiger partial charge in [-0.1, -0.05) is 101 Å². The van der Waals surface area contributed by atoms with E-state index in [4.69, 9.17) is 0 Å². The van der Waals surface area contributed by atoms with Crippen LogP contribution in [-0.4, -0.2) is 4.57 Å². The molecule has 0 fully saturated rings. The van der Waals surface area contributed by atoms with Crippen molar-refractivity contribution in [2.24, 2.45) is 5.41 Å². The van der Waals surface area contributed by atoms with E-state index in [9.17, 15) is 0 Å². The summed E-state index contributed by atoms with van der Waals surface area (Å²) in [4.78, 5) is 0. The molecule has 0 saturated carbocycles. The number of aryl methyl sites for hydroxylation is 3. The molecule has 1 nitrogen and oxygen atoms in total. The largest absolute Gasteiger partial charge is 0.342 e. The van der Waals surface area contributed by atoms with Crippen LogP contribution in [0.1, 0.15) is 75.8 Å². The van der Waals surface area contributed by atoms with Gasteiger partial charge >= 0.3 is 0 Å². The van der Waals surface area contributed by atoms with Crippen molar-refractivity contribution in [1.82, 2.24) is 4.57 Å². The number of aromatic nitrogens is 1. The predicted octanol–water partition coefficient (Wildman–Crippen LogP) is 9.94. The highest BCUT2D eigenvalue weighted by molar-refractivity contribution is 5.82. The molecular weight excluding hydrogens is 446 g/mol. The van der Waals surface area contributed by atoms with Crippen molar-refractivity contribution in [2.75, 3.05) is 0 Å². The van der Waals surface area contributed by atoms with E-state index >= 15 is 0 Å². The molecule has 0 radical (unpaired) electrons. The van der Waals surface area contributed by atoms with Crippen molar-refractivity contribution >= 4 is 0 Å². The Balaban J connectivity index is 1.88. The zero-order chi connectivity index (χ0) is 27.0. The van der Waals surface area contributed by atoms with Crippen LogP contribution in [0.5, 0.6) is 0 Å². The van der Waals surface area contributed by atoms with Gasteiger partial charge in [-0.25, -0.2) is 0 Å². The Morgan fingerprint density at radius 1 is 0.973 bits per heavy atom. The highest BCUT2D eigenvalue weighted by Crippen LogP contribution is 2.45. The normalized spacial score (nSPS) is 14.1. The maximum Gasteiger partial charge on any atom is 0.0525 e. The summed E-state index contributed by atoms with van der Waals surface area (Å²) in [5.74, 6) is 0. The van der Waals surface area contributed by atoms with Crippen LogP contribution in [0.2, 0.25) is 0 Å². The van der Waals surface area contributed by atoms with Gasteiger partial charge in [0.1, 0.15) is 0 Å². The number of hydrogen-bond acceptors (Lipinski definition) is 0. The van der Waals surface area contributed by atoms with E-state index in [-0.39, 0.29) is 5.41 Å². The van der Waals surface area contributed by atoms with Crippen molar-refractivity contribution in [3.05, 3.63) is 107 Å². The molecule has 4 rings (SSSR count). The summed E-state index contributed by atoms with van der Waals surface area (Å²) in [6, 6.07) is 14.0. The average Bonchev–Trinajstić information content (AvgIpc) is 3.19. The number of allylic oxidation sites excluding steroid dienone is 5. The minimum absolute atomic E-state index is 0.139. The Hall–Kier alpha value is -3.06. The molecule has 3 aromatic rings. The standard InChI is InChI=1S/C36H45N/c1-10-12-13-27(11-2)22-37-23-32(28-16-14-25(3)15-17-28)30-19-18-29-21-33(26(4)20-31(29)34(30)37)36(8,9)24-35(5,6)7/h10-17,20-21,23H,1,18-19,22,24H2,2-9H3/b13-12-,27-11+. The van der Waals surface area contributed by atoms with Crippen LogP contribution in [0.15, 0.2) is 79.1 Å². The first-order valence-electron chi connectivity index (χ1n) is 13.8. The minimum atomic E-state index is 0.139. The van der Waals surface area contributed by atoms with Crippen LogP contribution >= 0.6 is 0 Å². The maximum atomic E-state index is 3.86. The minimum Gasteiger partial charge on any atom is -0.342 e. The number of rotatable bonds is 7. The molecule has 0 saturated heterocycles. The molecule has 1 aromatic heterocycles. The Labute approximate surface area is 225 Å². The fraction of sp³-hybridized carbons (Fsp3) is 0.389. The molecule has 1 heterocycles. The van der Waals surface area contributed by atoms with Crippen LogP contribution in [0.25, 0.3) is 22.4 Å². The highest BCUT2D eigenvalue weighted by atomic mass is 15.0. The molecule has 0 amide bonds. The molecule has 0 bridgehead atoms. The highest BCUT2D eigenvalue weighted by Gasteiger charge is 2.31. The molecule has 37 heavy (non-hydrogen) atoms. The number of nitrogens with zero attached hydrogens (tertiary/aromatic N) is 1. The third kappa shape index (κ3) is 5.77. The molecule has 194 valence electrons. The van der Waals surface area contributed by atoms with Crippen molar-refractivity contribution in [2.45, 2.75) is 86.6 Å². The summed E-state index contributed by atoms with van der Waals surface area (Å²) in [6.45, 7) is 23.2. The summed E-state index contributed by atoms with van der Waals surface area (Å²) < 4.78 is 2.49. The van der Waals surface area contributed by atoms with Crippen molar-refractivity contribution in [1.29, 1.82) is 0 Å². The van der Waals surface area contributed by atoms with Crippen LogP contribution < -0.4 is 0 Å². The Morgan fingerprint density at radius 2 is 1.68 bits per heavy atom. The molecule has 1 heteroatoms. The Bertz CT molecular complexity index is 1350. The monoisotopic (exact) mass is 491 g/mol. The van der Waals surface area contributed by atoms with Gasteiger partial charge in [0.25, 0.3) is 0 Å². The Kier molecular flexibility index (Phi) is 7.56. The molecule has 0 atom stereocenters. The van der Waals surface area contributed by atoms with Crippen molar-refractivity contribution < 1.29 is 0 Å². The van der Waals surface area contributed by atoms with Crippen LogP contribution in [-0.2, 0) is 24.8 Å². The van der Waals surface area contributed by atoms with Crippen molar-refractivity contribution in [3.8, 4) is 22.4 Å². The van der Waals surface area contributed by atoms with E-state index in [1.807, 2.05) is 12.2 Å². The summed E-state index contributed by atoms with van der Waals surface area (Å²) in [5.41, 5.74) is 14.4. The summed E-state index contributed by atoms with van der Waals surface area (Å²) >= 11 is 0. The molecular formula is C36H45N. The number of hydrogen-bond donors (Lipinski definition) is 0. The zero-order valence-corrected chi connectivity index (χ0v) is 24.3. The first kappa shape index (κ1) is 27.0. The summed E-state index contributed by atoms with van der Waals surface area (Å²) in [6.07, 6.45) is 14.0. The number of benzene rings is 2. The molecule has 1 aliphatic rings. The maximum absolute atomic E-state index is 3.86. The van der Waals surface area contributed by atoms with Gasteiger partial charge < -0.3 is 4.57 Å². The summed E-state index contributed by atoms with van der Waals surface area (Å²) in [5, 5.41) is 0. The first-order valence-corrected chi connectivity index (χ1v) is 13.8. The fourth-order valence-corrected chi connectivity index (χ4v) is 6.49. The lowest BCUT2D eigenvalue weighted by Gasteiger charge is -2.35.